The standard InChI is InChI=1S/C12H14F3NO3/c1-3-19-11(17)12(14,15)10(16)7-5-4-6-8(18-2)9(7)13/h4-6,10H,3,16H2,1-2H3/t10-/m1/s1. The smallest absolute Gasteiger partial charge is 0.379 e. The van der Waals surface area contributed by atoms with E-state index in [0.717, 1.165) is 6.07 Å². The molecule has 0 unspecified atom stereocenters. The van der Waals surface area contributed by atoms with E-state index < -0.39 is 29.3 Å². The summed E-state index contributed by atoms with van der Waals surface area (Å²) >= 11 is 0. The maximum Gasteiger partial charge on any atom is 0.379 e. The summed E-state index contributed by atoms with van der Waals surface area (Å²) in [6, 6.07) is 1.48. The average Bonchev–Trinajstić information content (AvgIpc) is 2.38. The molecule has 2 N–H and O–H groups in total. The minimum Gasteiger partial charge on any atom is -0.494 e. The molecular formula is C12H14F3NO3. The highest BCUT2D eigenvalue weighted by Gasteiger charge is 2.48. The summed E-state index contributed by atoms with van der Waals surface area (Å²) in [5, 5.41) is 0. The summed E-state index contributed by atoms with van der Waals surface area (Å²) in [4.78, 5) is 11.1. The quantitative estimate of drug-likeness (QED) is 0.836. The maximum absolute atomic E-state index is 13.8. The van der Waals surface area contributed by atoms with Crippen molar-refractivity contribution in [2.24, 2.45) is 5.73 Å². The van der Waals surface area contributed by atoms with Crippen LogP contribution in [0.5, 0.6) is 5.75 Å². The predicted molar refractivity (Wildman–Crippen MR) is 61.5 cm³/mol. The number of methoxy groups -OCH3 is 1. The summed E-state index contributed by atoms with van der Waals surface area (Å²) in [5.74, 6) is -7.07. The van der Waals surface area contributed by atoms with Gasteiger partial charge in [-0.2, -0.15) is 8.78 Å². The first-order valence-corrected chi connectivity index (χ1v) is 5.49. The number of hydrogen-bond donors (Lipinski definition) is 1. The van der Waals surface area contributed by atoms with Gasteiger partial charge in [0.2, 0.25) is 0 Å². The van der Waals surface area contributed by atoms with Gasteiger partial charge in [0.15, 0.2) is 11.6 Å². The zero-order valence-corrected chi connectivity index (χ0v) is 10.5. The molecule has 0 saturated heterocycles. The molecule has 0 spiro atoms. The molecule has 1 rings (SSSR count). The first kappa shape index (κ1) is 15.3. The van der Waals surface area contributed by atoms with Crippen molar-refractivity contribution in [3.8, 4) is 5.75 Å². The van der Waals surface area contributed by atoms with Crippen molar-refractivity contribution >= 4 is 5.97 Å². The second kappa shape index (κ2) is 5.92. The third-order valence-electron chi connectivity index (χ3n) is 2.49. The van der Waals surface area contributed by atoms with Crippen molar-refractivity contribution in [1.82, 2.24) is 0 Å². The van der Waals surface area contributed by atoms with E-state index in [2.05, 4.69) is 9.47 Å². The van der Waals surface area contributed by atoms with Crippen LogP contribution in [0.2, 0.25) is 0 Å². The van der Waals surface area contributed by atoms with Crippen molar-refractivity contribution in [3.63, 3.8) is 0 Å². The monoisotopic (exact) mass is 277 g/mol. The lowest BCUT2D eigenvalue weighted by atomic mass is 10.0. The second-order valence-electron chi connectivity index (χ2n) is 3.68. The first-order valence-electron chi connectivity index (χ1n) is 5.49. The molecule has 1 aromatic carbocycles. The van der Waals surface area contributed by atoms with Crippen molar-refractivity contribution in [1.29, 1.82) is 0 Å². The number of alkyl halides is 2. The average molecular weight is 277 g/mol. The van der Waals surface area contributed by atoms with Crippen LogP contribution in [0.15, 0.2) is 18.2 Å². The van der Waals surface area contributed by atoms with Crippen molar-refractivity contribution in [2.45, 2.75) is 18.9 Å². The highest BCUT2D eigenvalue weighted by Crippen LogP contribution is 2.34. The Morgan fingerprint density at radius 1 is 1.47 bits per heavy atom. The number of hydrogen-bond acceptors (Lipinski definition) is 4. The minimum atomic E-state index is -4.02. The zero-order chi connectivity index (χ0) is 14.6. The van der Waals surface area contributed by atoms with Gasteiger partial charge in [-0.3, -0.25) is 0 Å². The Bertz CT molecular complexity index is 466. The van der Waals surface area contributed by atoms with Crippen LogP contribution in [-0.2, 0) is 9.53 Å². The van der Waals surface area contributed by atoms with Crippen LogP contribution in [-0.4, -0.2) is 25.6 Å². The Kier molecular flexibility index (Phi) is 4.77. The molecule has 0 aliphatic rings. The summed E-state index contributed by atoms with van der Waals surface area (Å²) in [7, 11) is 1.19. The molecule has 106 valence electrons. The SMILES string of the molecule is CCOC(=O)C(F)(F)[C@H](N)c1cccc(OC)c1F. The van der Waals surface area contributed by atoms with Gasteiger partial charge >= 0.3 is 11.9 Å². The molecule has 4 nitrogen and oxygen atoms in total. The number of benzene rings is 1. The van der Waals surface area contributed by atoms with Gasteiger partial charge < -0.3 is 15.2 Å². The van der Waals surface area contributed by atoms with Gasteiger partial charge in [0.1, 0.15) is 6.04 Å². The van der Waals surface area contributed by atoms with Crippen LogP contribution in [0.4, 0.5) is 13.2 Å². The predicted octanol–water partition coefficient (Wildman–Crippen LogP) is 2.03. The van der Waals surface area contributed by atoms with E-state index in [1.54, 1.807) is 0 Å². The minimum absolute atomic E-state index is 0.220. The molecule has 19 heavy (non-hydrogen) atoms. The van der Waals surface area contributed by atoms with Gasteiger partial charge in [-0.1, -0.05) is 12.1 Å². The fourth-order valence-corrected chi connectivity index (χ4v) is 1.48. The zero-order valence-electron chi connectivity index (χ0n) is 10.5. The number of rotatable bonds is 5. The van der Waals surface area contributed by atoms with Gasteiger partial charge in [-0.15, -0.1) is 0 Å². The molecule has 0 fully saturated rings. The maximum atomic E-state index is 13.8. The van der Waals surface area contributed by atoms with Crippen molar-refractivity contribution < 1.29 is 27.4 Å². The summed E-state index contributed by atoms with van der Waals surface area (Å²) in [5.41, 5.74) is 4.77. The Morgan fingerprint density at radius 2 is 2.11 bits per heavy atom. The number of halogens is 3. The number of esters is 1. The lowest BCUT2D eigenvalue weighted by Crippen LogP contribution is -2.42. The molecule has 1 atom stereocenters. The lowest BCUT2D eigenvalue weighted by Gasteiger charge is -2.22. The molecule has 0 aliphatic carbocycles. The van der Waals surface area contributed by atoms with Crippen LogP contribution >= 0.6 is 0 Å². The molecule has 1 aromatic rings. The topological polar surface area (TPSA) is 61.5 Å². The third kappa shape index (κ3) is 2.98. The van der Waals surface area contributed by atoms with Crippen molar-refractivity contribution in [3.05, 3.63) is 29.6 Å². The van der Waals surface area contributed by atoms with Gasteiger partial charge in [-0.05, 0) is 13.0 Å². The molecule has 0 saturated carbocycles. The molecule has 0 amide bonds. The third-order valence-corrected chi connectivity index (χ3v) is 2.49. The highest BCUT2D eigenvalue weighted by atomic mass is 19.3. The number of nitrogens with two attached hydrogens (primary N) is 1. The molecule has 0 heterocycles. The molecule has 0 radical (unpaired) electrons. The van der Waals surface area contributed by atoms with E-state index in [9.17, 15) is 18.0 Å². The summed E-state index contributed by atoms with van der Waals surface area (Å²) < 4.78 is 50.1. The van der Waals surface area contributed by atoms with Crippen LogP contribution in [0.25, 0.3) is 0 Å². The van der Waals surface area contributed by atoms with E-state index in [4.69, 9.17) is 5.73 Å². The largest absolute Gasteiger partial charge is 0.494 e. The first-order chi connectivity index (χ1) is 8.86. The van der Waals surface area contributed by atoms with E-state index in [1.165, 1.54) is 26.2 Å². The fourth-order valence-electron chi connectivity index (χ4n) is 1.48. The Hall–Kier alpha value is -1.76. The summed E-state index contributed by atoms with van der Waals surface area (Å²) in [6.45, 7) is 1.16. The lowest BCUT2D eigenvalue weighted by molar-refractivity contribution is -0.174. The Morgan fingerprint density at radius 3 is 2.63 bits per heavy atom. The highest BCUT2D eigenvalue weighted by molar-refractivity contribution is 5.79. The molecule has 0 aromatic heterocycles. The van der Waals surface area contributed by atoms with E-state index in [1.807, 2.05) is 0 Å². The molecular weight excluding hydrogens is 263 g/mol. The Labute approximate surface area is 108 Å². The Balaban J connectivity index is 3.12. The summed E-state index contributed by atoms with van der Waals surface area (Å²) in [6.07, 6.45) is 0. The van der Waals surface area contributed by atoms with E-state index in [-0.39, 0.29) is 12.4 Å². The van der Waals surface area contributed by atoms with Gasteiger partial charge in [-0.25, -0.2) is 9.18 Å². The molecule has 7 heteroatoms. The van der Waals surface area contributed by atoms with Gasteiger partial charge in [0.25, 0.3) is 0 Å². The normalized spacial score (nSPS) is 12.9. The van der Waals surface area contributed by atoms with Crippen LogP contribution in [0.3, 0.4) is 0 Å². The van der Waals surface area contributed by atoms with Crippen LogP contribution in [0.1, 0.15) is 18.5 Å². The number of carbonyl (C=O) groups excluding carboxylic acids is 1. The van der Waals surface area contributed by atoms with E-state index in [0.29, 0.717) is 0 Å². The van der Waals surface area contributed by atoms with Crippen LogP contribution in [0, 0.1) is 5.82 Å². The van der Waals surface area contributed by atoms with Crippen LogP contribution < -0.4 is 10.5 Å². The fraction of sp³-hybridized carbons (Fsp3) is 0.417. The number of carbonyl (C=O) groups is 1. The van der Waals surface area contributed by atoms with E-state index >= 15 is 0 Å². The second-order valence-corrected chi connectivity index (χ2v) is 3.68. The van der Waals surface area contributed by atoms with Gasteiger partial charge in [0.05, 0.1) is 13.7 Å². The molecule has 0 bridgehead atoms. The van der Waals surface area contributed by atoms with Gasteiger partial charge in [0, 0.05) is 5.56 Å². The molecule has 0 aliphatic heterocycles. The van der Waals surface area contributed by atoms with Crippen molar-refractivity contribution in [2.75, 3.05) is 13.7 Å². The number of ether oxygens (including phenoxy) is 2.